The molecule has 0 saturated carbocycles. The van der Waals surface area contributed by atoms with E-state index < -0.39 is 0 Å². The normalized spacial score (nSPS) is 12.4. The highest BCUT2D eigenvalue weighted by atomic mass is 16.3. The Kier molecular flexibility index (Phi) is 6.16. The lowest BCUT2D eigenvalue weighted by atomic mass is 10.0. The van der Waals surface area contributed by atoms with Crippen LogP contribution >= 0.6 is 0 Å². The summed E-state index contributed by atoms with van der Waals surface area (Å²) < 4.78 is 1.37. The van der Waals surface area contributed by atoms with Gasteiger partial charge in [-0.3, -0.25) is 4.79 Å². The molecule has 7 nitrogen and oxygen atoms in total. The van der Waals surface area contributed by atoms with Crippen LogP contribution in [0.3, 0.4) is 0 Å². The zero-order chi connectivity index (χ0) is 12.5. The minimum absolute atomic E-state index is 0.114. The van der Waals surface area contributed by atoms with Crippen molar-refractivity contribution >= 4 is 5.91 Å². The summed E-state index contributed by atoms with van der Waals surface area (Å²) in [5, 5.41) is 22.2. The van der Waals surface area contributed by atoms with Gasteiger partial charge in [0.15, 0.2) is 0 Å². The Morgan fingerprint density at radius 3 is 2.94 bits per heavy atom. The van der Waals surface area contributed by atoms with Crippen LogP contribution in [0.25, 0.3) is 0 Å². The van der Waals surface area contributed by atoms with E-state index in [-0.39, 0.29) is 19.1 Å². The zero-order valence-electron chi connectivity index (χ0n) is 10.0. The van der Waals surface area contributed by atoms with Crippen molar-refractivity contribution in [2.24, 2.45) is 5.92 Å². The summed E-state index contributed by atoms with van der Waals surface area (Å²) in [6.07, 6.45) is 4.18. The van der Waals surface area contributed by atoms with Gasteiger partial charge in [0, 0.05) is 13.2 Å². The molecule has 0 bridgehead atoms. The van der Waals surface area contributed by atoms with Gasteiger partial charge in [-0.1, -0.05) is 13.3 Å². The van der Waals surface area contributed by atoms with Gasteiger partial charge in [-0.15, -0.1) is 5.10 Å². The molecule has 0 spiro atoms. The number of nitrogens with one attached hydrogen (secondary N) is 1. The third-order valence-electron chi connectivity index (χ3n) is 2.52. The van der Waals surface area contributed by atoms with Gasteiger partial charge in [0.2, 0.25) is 5.91 Å². The second-order valence-electron chi connectivity index (χ2n) is 3.98. The van der Waals surface area contributed by atoms with Crippen LogP contribution in [-0.2, 0) is 11.3 Å². The van der Waals surface area contributed by atoms with Crippen LogP contribution in [0.5, 0.6) is 0 Å². The average Bonchev–Trinajstić information content (AvgIpc) is 2.79. The van der Waals surface area contributed by atoms with Gasteiger partial charge in [-0.25, -0.2) is 4.68 Å². The zero-order valence-corrected chi connectivity index (χ0v) is 10.0. The third kappa shape index (κ3) is 5.39. The van der Waals surface area contributed by atoms with E-state index in [4.69, 9.17) is 5.11 Å². The van der Waals surface area contributed by atoms with Gasteiger partial charge in [-0.2, -0.15) is 0 Å². The molecule has 1 unspecified atom stereocenters. The Labute approximate surface area is 100 Å². The molecule has 0 radical (unpaired) electrons. The predicted octanol–water partition coefficient (Wildman–Crippen LogP) is -0.412. The van der Waals surface area contributed by atoms with E-state index in [0.29, 0.717) is 12.5 Å². The molecule has 0 saturated heterocycles. The Morgan fingerprint density at radius 2 is 2.35 bits per heavy atom. The number of rotatable bonds is 8. The first-order valence-corrected chi connectivity index (χ1v) is 5.84. The first-order valence-electron chi connectivity index (χ1n) is 5.84. The molecular formula is C10H19N5O2. The first-order chi connectivity index (χ1) is 8.26. The molecule has 1 heterocycles. The van der Waals surface area contributed by atoms with Crippen molar-refractivity contribution in [3.05, 3.63) is 6.33 Å². The van der Waals surface area contributed by atoms with Gasteiger partial charge in [-0.05, 0) is 29.2 Å². The van der Waals surface area contributed by atoms with E-state index in [9.17, 15) is 4.79 Å². The van der Waals surface area contributed by atoms with E-state index in [0.717, 1.165) is 19.3 Å². The molecule has 2 N–H and O–H groups in total. The quantitative estimate of drug-likeness (QED) is 0.645. The van der Waals surface area contributed by atoms with Crippen molar-refractivity contribution in [3.8, 4) is 0 Å². The van der Waals surface area contributed by atoms with Crippen molar-refractivity contribution in [3.63, 3.8) is 0 Å². The van der Waals surface area contributed by atoms with Gasteiger partial charge in [0.25, 0.3) is 0 Å². The molecule has 0 aliphatic heterocycles. The summed E-state index contributed by atoms with van der Waals surface area (Å²) in [5.41, 5.74) is 0. The third-order valence-corrected chi connectivity index (χ3v) is 2.52. The number of carbonyl (C=O) groups is 1. The number of tetrazole rings is 1. The molecule has 1 aromatic heterocycles. The summed E-state index contributed by atoms with van der Waals surface area (Å²) in [4.78, 5) is 11.5. The fourth-order valence-electron chi connectivity index (χ4n) is 1.65. The van der Waals surface area contributed by atoms with E-state index in [2.05, 4.69) is 27.8 Å². The number of carbonyl (C=O) groups excluding carboxylic acids is 1. The molecule has 7 heteroatoms. The summed E-state index contributed by atoms with van der Waals surface area (Å²) in [5.74, 6) is 0.221. The number of hydrogen-bond acceptors (Lipinski definition) is 5. The predicted molar refractivity (Wildman–Crippen MR) is 60.9 cm³/mol. The van der Waals surface area contributed by atoms with Crippen molar-refractivity contribution in [2.75, 3.05) is 13.2 Å². The molecule has 0 aliphatic rings. The monoisotopic (exact) mass is 241 g/mol. The summed E-state index contributed by atoms with van der Waals surface area (Å²) >= 11 is 0. The highest BCUT2D eigenvalue weighted by molar-refractivity contribution is 5.75. The molecule has 17 heavy (non-hydrogen) atoms. The molecule has 1 amide bonds. The molecular weight excluding hydrogens is 222 g/mol. The van der Waals surface area contributed by atoms with Crippen LogP contribution in [0.4, 0.5) is 0 Å². The molecule has 1 aromatic rings. The molecule has 96 valence electrons. The summed E-state index contributed by atoms with van der Waals surface area (Å²) in [7, 11) is 0. The average molecular weight is 241 g/mol. The fourth-order valence-corrected chi connectivity index (χ4v) is 1.65. The highest BCUT2D eigenvalue weighted by Crippen LogP contribution is 2.09. The number of aromatic nitrogens is 4. The second kappa shape index (κ2) is 7.72. The minimum Gasteiger partial charge on any atom is -0.396 e. The molecule has 0 aliphatic carbocycles. The van der Waals surface area contributed by atoms with E-state index in [1.165, 1.54) is 11.0 Å². The number of hydrogen-bond donors (Lipinski definition) is 2. The lowest BCUT2D eigenvalue weighted by Crippen LogP contribution is -2.32. The summed E-state index contributed by atoms with van der Waals surface area (Å²) in [6.45, 7) is 2.97. The maximum atomic E-state index is 11.5. The lowest BCUT2D eigenvalue weighted by Gasteiger charge is -2.15. The van der Waals surface area contributed by atoms with Gasteiger partial charge in [0.1, 0.15) is 12.9 Å². The Balaban J connectivity index is 2.25. The largest absolute Gasteiger partial charge is 0.396 e. The standard InChI is InChI=1S/C10H19N5O2/c1-2-3-9(4-5-16)6-11-10(17)7-15-8-12-13-14-15/h8-9,16H,2-7H2,1H3,(H,11,17). The highest BCUT2D eigenvalue weighted by Gasteiger charge is 2.09. The maximum Gasteiger partial charge on any atom is 0.241 e. The SMILES string of the molecule is CCCC(CCO)CNC(=O)Cn1cnnn1. The van der Waals surface area contributed by atoms with E-state index >= 15 is 0 Å². The Hall–Kier alpha value is -1.50. The summed E-state index contributed by atoms with van der Waals surface area (Å²) in [6, 6.07) is 0. The molecule has 1 atom stereocenters. The topological polar surface area (TPSA) is 92.9 Å². The minimum atomic E-state index is -0.114. The lowest BCUT2D eigenvalue weighted by molar-refractivity contribution is -0.122. The Bertz CT molecular complexity index is 309. The number of aliphatic hydroxyl groups is 1. The van der Waals surface area contributed by atoms with Crippen molar-refractivity contribution in [1.29, 1.82) is 0 Å². The van der Waals surface area contributed by atoms with Crippen LogP contribution in [0, 0.1) is 5.92 Å². The van der Waals surface area contributed by atoms with Crippen LogP contribution in [0.2, 0.25) is 0 Å². The van der Waals surface area contributed by atoms with Gasteiger partial charge >= 0.3 is 0 Å². The molecule has 0 aromatic carbocycles. The van der Waals surface area contributed by atoms with Crippen LogP contribution < -0.4 is 5.32 Å². The number of amides is 1. The van der Waals surface area contributed by atoms with Gasteiger partial charge in [0.05, 0.1) is 0 Å². The maximum absolute atomic E-state index is 11.5. The number of nitrogens with zero attached hydrogens (tertiary/aromatic N) is 4. The van der Waals surface area contributed by atoms with Gasteiger partial charge < -0.3 is 10.4 Å². The van der Waals surface area contributed by atoms with Crippen molar-refractivity contribution < 1.29 is 9.90 Å². The van der Waals surface area contributed by atoms with Crippen LogP contribution in [-0.4, -0.2) is 44.4 Å². The fraction of sp³-hybridized carbons (Fsp3) is 0.800. The van der Waals surface area contributed by atoms with E-state index in [1.54, 1.807) is 0 Å². The molecule has 0 fully saturated rings. The Morgan fingerprint density at radius 1 is 1.53 bits per heavy atom. The molecule has 1 rings (SSSR count). The number of aliphatic hydroxyl groups excluding tert-OH is 1. The van der Waals surface area contributed by atoms with Crippen LogP contribution in [0.15, 0.2) is 6.33 Å². The second-order valence-corrected chi connectivity index (χ2v) is 3.98. The van der Waals surface area contributed by atoms with Crippen molar-refractivity contribution in [1.82, 2.24) is 25.5 Å². The van der Waals surface area contributed by atoms with Crippen molar-refractivity contribution in [2.45, 2.75) is 32.7 Å². The van der Waals surface area contributed by atoms with E-state index in [1.807, 2.05) is 0 Å². The first kappa shape index (κ1) is 13.6. The smallest absolute Gasteiger partial charge is 0.241 e. The van der Waals surface area contributed by atoms with Crippen LogP contribution in [0.1, 0.15) is 26.2 Å².